The minimum atomic E-state index is 0. The molecule has 11 heavy (non-hydrogen) atoms. The van der Waals surface area contributed by atoms with Gasteiger partial charge in [-0.2, -0.15) is 0 Å². The summed E-state index contributed by atoms with van der Waals surface area (Å²) in [5, 5.41) is 0. The van der Waals surface area contributed by atoms with Crippen LogP contribution in [0, 0.1) is 5.92 Å². The van der Waals surface area contributed by atoms with E-state index in [4.69, 9.17) is 0 Å². The lowest BCUT2D eigenvalue weighted by atomic mass is 9.76. The first-order valence-electron chi connectivity index (χ1n) is 4.49. The molecule has 1 saturated carbocycles. The number of hydrogen-bond acceptors (Lipinski definition) is 0. The van der Waals surface area contributed by atoms with Crippen LogP contribution in [-0.2, 0) is 0 Å². The fourth-order valence-electron chi connectivity index (χ4n) is 2.07. The number of quaternary nitrogens is 1. The van der Waals surface area contributed by atoms with E-state index in [-0.39, 0.29) is 12.4 Å². The first-order valence-corrected chi connectivity index (χ1v) is 4.49. The molecule has 1 aliphatic rings. The van der Waals surface area contributed by atoms with E-state index in [0.717, 1.165) is 5.92 Å². The molecule has 1 rings (SSSR count). The summed E-state index contributed by atoms with van der Waals surface area (Å²) in [5.74, 6) is 0.969. The van der Waals surface area contributed by atoms with E-state index >= 15 is 0 Å². The first kappa shape index (κ1) is 11.2. The van der Waals surface area contributed by atoms with E-state index in [9.17, 15) is 0 Å². The molecule has 0 bridgehead atoms. The summed E-state index contributed by atoms with van der Waals surface area (Å²) in [6, 6.07) is 0. The van der Waals surface area contributed by atoms with Gasteiger partial charge >= 0.3 is 0 Å². The van der Waals surface area contributed by atoms with Gasteiger partial charge in [-0.25, -0.2) is 0 Å². The summed E-state index contributed by atoms with van der Waals surface area (Å²) in [6.07, 6.45) is 6.89. The normalized spacial score (nSPS) is 37.9. The van der Waals surface area contributed by atoms with E-state index in [1.807, 2.05) is 0 Å². The van der Waals surface area contributed by atoms with Gasteiger partial charge in [0.1, 0.15) is 0 Å². The second-order valence-electron chi connectivity index (χ2n) is 4.18. The van der Waals surface area contributed by atoms with Gasteiger partial charge in [0.25, 0.3) is 0 Å². The molecule has 0 radical (unpaired) electrons. The largest absolute Gasteiger partial charge is 1.00 e. The van der Waals surface area contributed by atoms with Crippen molar-refractivity contribution >= 4 is 0 Å². The van der Waals surface area contributed by atoms with Gasteiger partial charge in [-0.3, -0.25) is 0 Å². The molecule has 1 nitrogen and oxygen atoms in total. The van der Waals surface area contributed by atoms with Crippen LogP contribution in [0.5, 0.6) is 0 Å². The summed E-state index contributed by atoms with van der Waals surface area (Å²) in [4.78, 5) is 0. The molecule has 0 aliphatic heterocycles. The topological polar surface area (TPSA) is 27.6 Å². The average Bonchev–Trinajstić information content (AvgIpc) is 1.86. The Bertz CT molecular complexity index is 112. The molecule has 0 saturated heterocycles. The predicted molar refractivity (Wildman–Crippen MR) is 43.5 cm³/mol. The standard InChI is InChI=1S/C9H19N.ClH/c1-3-8-5-4-6-9(2,10)7-8;/h8H,3-7,10H2,1-2H3;1H/t8-,9-;/m1./s1. The third-order valence-electron chi connectivity index (χ3n) is 2.75. The van der Waals surface area contributed by atoms with Gasteiger partial charge < -0.3 is 18.1 Å². The Morgan fingerprint density at radius 2 is 2.18 bits per heavy atom. The minimum absolute atomic E-state index is 0. The zero-order chi connectivity index (χ0) is 7.61. The molecule has 0 heterocycles. The molecule has 0 unspecified atom stereocenters. The number of hydrogen-bond donors (Lipinski definition) is 1. The van der Waals surface area contributed by atoms with Crippen LogP contribution < -0.4 is 18.1 Å². The maximum atomic E-state index is 4.23. The maximum Gasteiger partial charge on any atom is 0.0920 e. The highest BCUT2D eigenvalue weighted by Gasteiger charge is 2.30. The van der Waals surface area contributed by atoms with Crippen molar-refractivity contribution in [1.29, 1.82) is 0 Å². The maximum absolute atomic E-state index is 4.23. The van der Waals surface area contributed by atoms with Crippen molar-refractivity contribution in [3.8, 4) is 0 Å². The van der Waals surface area contributed by atoms with Crippen molar-refractivity contribution in [2.24, 2.45) is 5.92 Å². The Hall–Kier alpha value is 0.250. The second-order valence-corrected chi connectivity index (χ2v) is 4.18. The molecule has 2 atom stereocenters. The monoisotopic (exact) mass is 177 g/mol. The Kier molecular flexibility index (Phi) is 4.42. The van der Waals surface area contributed by atoms with Gasteiger partial charge in [0.05, 0.1) is 5.54 Å². The lowest BCUT2D eigenvalue weighted by Gasteiger charge is -2.31. The first-order chi connectivity index (χ1) is 4.64. The van der Waals surface area contributed by atoms with Gasteiger partial charge in [0.2, 0.25) is 0 Å². The SMILES string of the molecule is CC[C@@H]1CCC[C@@](C)([NH3+])C1.[Cl-]. The summed E-state index contributed by atoms with van der Waals surface area (Å²) < 4.78 is 0. The Labute approximate surface area is 76.1 Å². The molecule has 3 N–H and O–H groups in total. The lowest BCUT2D eigenvalue weighted by Crippen LogP contribution is -3.00. The molecular weight excluding hydrogens is 158 g/mol. The molecule has 0 spiro atoms. The van der Waals surface area contributed by atoms with E-state index in [1.165, 1.54) is 32.1 Å². The summed E-state index contributed by atoms with van der Waals surface area (Å²) >= 11 is 0. The van der Waals surface area contributed by atoms with Crippen molar-refractivity contribution < 1.29 is 18.1 Å². The van der Waals surface area contributed by atoms with Crippen LogP contribution in [0.3, 0.4) is 0 Å². The van der Waals surface area contributed by atoms with Crippen LogP contribution in [0.25, 0.3) is 0 Å². The Morgan fingerprint density at radius 1 is 1.55 bits per heavy atom. The van der Waals surface area contributed by atoms with E-state index in [0.29, 0.717) is 5.54 Å². The number of rotatable bonds is 1. The summed E-state index contributed by atoms with van der Waals surface area (Å²) in [7, 11) is 0. The quantitative estimate of drug-likeness (QED) is 0.510. The van der Waals surface area contributed by atoms with E-state index in [2.05, 4.69) is 19.6 Å². The van der Waals surface area contributed by atoms with Crippen molar-refractivity contribution in [3.05, 3.63) is 0 Å². The van der Waals surface area contributed by atoms with Crippen LogP contribution in [0.4, 0.5) is 0 Å². The Morgan fingerprint density at radius 3 is 2.55 bits per heavy atom. The fraction of sp³-hybridized carbons (Fsp3) is 1.00. The van der Waals surface area contributed by atoms with Crippen molar-refractivity contribution in [2.75, 3.05) is 0 Å². The van der Waals surface area contributed by atoms with Gasteiger partial charge in [0.15, 0.2) is 0 Å². The average molecular weight is 178 g/mol. The minimum Gasteiger partial charge on any atom is -1.00 e. The van der Waals surface area contributed by atoms with E-state index in [1.54, 1.807) is 0 Å². The third-order valence-corrected chi connectivity index (χ3v) is 2.75. The lowest BCUT2D eigenvalue weighted by molar-refractivity contribution is -0.480. The molecular formula is C9H20ClN. The van der Waals surface area contributed by atoms with Crippen LogP contribution in [0.1, 0.15) is 46.0 Å². The highest BCUT2D eigenvalue weighted by atomic mass is 35.5. The number of halogens is 1. The van der Waals surface area contributed by atoms with Gasteiger partial charge in [-0.15, -0.1) is 0 Å². The van der Waals surface area contributed by atoms with Crippen LogP contribution >= 0.6 is 0 Å². The molecule has 0 aromatic rings. The molecule has 0 amide bonds. The summed E-state index contributed by atoms with van der Waals surface area (Å²) in [5.41, 5.74) is 4.63. The molecule has 68 valence electrons. The zero-order valence-electron chi connectivity index (χ0n) is 7.70. The highest BCUT2D eigenvalue weighted by molar-refractivity contribution is 4.80. The predicted octanol–water partition coefficient (Wildman–Crippen LogP) is -1.41. The van der Waals surface area contributed by atoms with Crippen molar-refractivity contribution in [1.82, 2.24) is 0 Å². The zero-order valence-corrected chi connectivity index (χ0v) is 8.45. The third kappa shape index (κ3) is 3.44. The van der Waals surface area contributed by atoms with Gasteiger partial charge in [-0.05, 0) is 25.7 Å². The molecule has 2 heteroatoms. The molecule has 0 aromatic carbocycles. The molecule has 1 aliphatic carbocycles. The van der Waals surface area contributed by atoms with Crippen LogP contribution in [0.2, 0.25) is 0 Å². The van der Waals surface area contributed by atoms with E-state index < -0.39 is 0 Å². The van der Waals surface area contributed by atoms with Gasteiger partial charge in [0, 0.05) is 12.8 Å². The molecule has 1 fully saturated rings. The van der Waals surface area contributed by atoms with Crippen LogP contribution in [0.15, 0.2) is 0 Å². The fourth-order valence-corrected chi connectivity index (χ4v) is 2.07. The second kappa shape index (κ2) is 4.32. The van der Waals surface area contributed by atoms with Crippen molar-refractivity contribution in [3.63, 3.8) is 0 Å². The smallest absolute Gasteiger partial charge is 0.0920 e. The van der Waals surface area contributed by atoms with Crippen molar-refractivity contribution in [2.45, 2.75) is 51.5 Å². The Balaban J connectivity index is 0.000001000. The highest BCUT2D eigenvalue weighted by Crippen LogP contribution is 2.30. The van der Waals surface area contributed by atoms with Gasteiger partial charge in [-0.1, -0.05) is 13.3 Å². The summed E-state index contributed by atoms with van der Waals surface area (Å²) in [6.45, 7) is 4.60. The molecule has 0 aromatic heterocycles. The van der Waals surface area contributed by atoms with Crippen LogP contribution in [-0.4, -0.2) is 5.54 Å².